The van der Waals surface area contributed by atoms with Crippen molar-refractivity contribution in [2.75, 3.05) is 6.61 Å². The Bertz CT molecular complexity index is 554. The summed E-state index contributed by atoms with van der Waals surface area (Å²) in [5.41, 5.74) is 2.46. The van der Waals surface area contributed by atoms with Crippen LogP contribution in [0.5, 0.6) is 0 Å². The van der Waals surface area contributed by atoms with Crippen LogP contribution in [0.25, 0.3) is 11.0 Å². The third-order valence-electron chi connectivity index (χ3n) is 3.27. The Morgan fingerprint density at radius 3 is 2.83 bits per heavy atom. The highest BCUT2D eigenvalue weighted by molar-refractivity contribution is 6.03. The summed E-state index contributed by atoms with van der Waals surface area (Å²) in [7, 11) is 0. The van der Waals surface area contributed by atoms with Crippen LogP contribution in [0.2, 0.25) is 0 Å². The van der Waals surface area contributed by atoms with Gasteiger partial charge >= 0.3 is 5.97 Å². The van der Waals surface area contributed by atoms with Gasteiger partial charge in [0.2, 0.25) is 0 Å². The maximum absolute atomic E-state index is 11.8. The molecule has 0 N–H and O–H groups in total. The van der Waals surface area contributed by atoms with E-state index < -0.39 is 0 Å². The molecular weight excluding hydrogens is 228 g/mol. The average molecular weight is 246 g/mol. The molecule has 1 unspecified atom stereocenters. The van der Waals surface area contributed by atoms with Crippen molar-refractivity contribution in [1.29, 1.82) is 0 Å². The molecule has 3 nitrogen and oxygen atoms in total. The van der Waals surface area contributed by atoms with E-state index in [0.29, 0.717) is 18.1 Å². The van der Waals surface area contributed by atoms with E-state index in [2.05, 4.69) is 19.9 Å². The predicted octanol–water partition coefficient (Wildman–Crippen LogP) is 4.12. The largest absolute Gasteiger partial charge is 0.463 e. The normalized spacial score (nSPS) is 12.6. The van der Waals surface area contributed by atoms with E-state index in [0.717, 1.165) is 17.4 Å². The summed E-state index contributed by atoms with van der Waals surface area (Å²) in [6.45, 7) is 6.49. The predicted molar refractivity (Wildman–Crippen MR) is 70.9 cm³/mol. The van der Waals surface area contributed by atoms with Crippen LogP contribution in [-0.4, -0.2) is 12.6 Å². The number of benzene rings is 1. The minimum atomic E-state index is -0.322. The van der Waals surface area contributed by atoms with Gasteiger partial charge in [-0.25, -0.2) is 4.79 Å². The maximum atomic E-state index is 11.8. The van der Waals surface area contributed by atoms with Gasteiger partial charge in [0.15, 0.2) is 0 Å². The molecule has 1 aromatic carbocycles. The number of fused-ring (bicyclic) bond motifs is 1. The molecule has 0 saturated carbocycles. The molecule has 3 heteroatoms. The van der Waals surface area contributed by atoms with E-state index in [4.69, 9.17) is 9.15 Å². The lowest BCUT2D eigenvalue weighted by Crippen LogP contribution is -2.03. The Balaban J connectivity index is 2.46. The number of carbonyl (C=O) groups excluding carboxylic acids is 1. The fourth-order valence-corrected chi connectivity index (χ4v) is 1.96. The smallest absolute Gasteiger partial charge is 0.342 e. The van der Waals surface area contributed by atoms with Crippen LogP contribution in [0.15, 0.2) is 28.9 Å². The first-order valence-electron chi connectivity index (χ1n) is 6.35. The Hall–Kier alpha value is -1.77. The zero-order valence-electron chi connectivity index (χ0n) is 11.0. The summed E-state index contributed by atoms with van der Waals surface area (Å²) in [6, 6.07) is 5.99. The van der Waals surface area contributed by atoms with Gasteiger partial charge in [0.1, 0.15) is 17.4 Å². The Morgan fingerprint density at radius 2 is 2.17 bits per heavy atom. The van der Waals surface area contributed by atoms with Crippen LogP contribution in [0.3, 0.4) is 0 Å². The van der Waals surface area contributed by atoms with Crippen molar-refractivity contribution in [3.05, 3.63) is 35.6 Å². The molecule has 2 rings (SSSR count). The topological polar surface area (TPSA) is 39.4 Å². The molecule has 0 aliphatic heterocycles. The Labute approximate surface area is 107 Å². The van der Waals surface area contributed by atoms with E-state index >= 15 is 0 Å². The second-order valence-corrected chi connectivity index (χ2v) is 4.43. The first-order valence-corrected chi connectivity index (χ1v) is 6.35. The number of hydrogen-bond donors (Lipinski definition) is 0. The Kier molecular flexibility index (Phi) is 3.70. The van der Waals surface area contributed by atoms with Crippen LogP contribution < -0.4 is 0 Å². The number of carbonyl (C=O) groups is 1. The molecule has 0 bridgehead atoms. The molecule has 2 aromatic rings. The van der Waals surface area contributed by atoms with Crippen molar-refractivity contribution in [2.45, 2.75) is 33.1 Å². The van der Waals surface area contributed by atoms with Gasteiger partial charge < -0.3 is 9.15 Å². The molecule has 0 fully saturated rings. The van der Waals surface area contributed by atoms with E-state index in [1.54, 1.807) is 6.92 Å². The lowest BCUT2D eigenvalue weighted by molar-refractivity contribution is 0.0527. The lowest BCUT2D eigenvalue weighted by atomic mass is 9.97. The van der Waals surface area contributed by atoms with Crippen molar-refractivity contribution in [3.63, 3.8) is 0 Å². The highest BCUT2D eigenvalue weighted by Crippen LogP contribution is 2.27. The van der Waals surface area contributed by atoms with Gasteiger partial charge in [0, 0.05) is 5.39 Å². The molecule has 0 radical (unpaired) electrons. The van der Waals surface area contributed by atoms with Gasteiger partial charge in [0.25, 0.3) is 0 Å². The molecule has 1 heterocycles. The van der Waals surface area contributed by atoms with Crippen molar-refractivity contribution >= 4 is 16.9 Å². The summed E-state index contributed by atoms with van der Waals surface area (Å²) in [6.07, 6.45) is 2.54. The standard InChI is InChI=1S/C15H18O3/c1-4-10(3)11-6-7-14-12(8-11)13(9-18-14)15(16)17-5-2/h6-10H,4-5H2,1-3H3. The molecule has 18 heavy (non-hydrogen) atoms. The van der Waals surface area contributed by atoms with Gasteiger partial charge in [-0.05, 0) is 37.0 Å². The fraction of sp³-hybridized carbons (Fsp3) is 0.400. The van der Waals surface area contributed by atoms with E-state index in [-0.39, 0.29) is 5.97 Å². The maximum Gasteiger partial charge on any atom is 0.342 e. The summed E-state index contributed by atoms with van der Waals surface area (Å²) >= 11 is 0. The second kappa shape index (κ2) is 5.25. The first-order chi connectivity index (χ1) is 8.67. The van der Waals surface area contributed by atoms with Crippen molar-refractivity contribution in [1.82, 2.24) is 0 Å². The van der Waals surface area contributed by atoms with E-state index in [1.165, 1.54) is 11.8 Å². The number of ether oxygens (including phenoxy) is 1. The van der Waals surface area contributed by atoms with Gasteiger partial charge in [-0.2, -0.15) is 0 Å². The summed E-state index contributed by atoms with van der Waals surface area (Å²) < 4.78 is 10.4. The number of rotatable bonds is 4. The third-order valence-corrected chi connectivity index (χ3v) is 3.27. The lowest BCUT2D eigenvalue weighted by Gasteiger charge is -2.08. The van der Waals surface area contributed by atoms with Crippen LogP contribution in [0.4, 0.5) is 0 Å². The number of furan rings is 1. The molecule has 0 aliphatic rings. The van der Waals surface area contributed by atoms with Crippen LogP contribution in [-0.2, 0) is 4.74 Å². The monoisotopic (exact) mass is 246 g/mol. The van der Waals surface area contributed by atoms with Crippen molar-refractivity contribution in [3.8, 4) is 0 Å². The summed E-state index contributed by atoms with van der Waals surface area (Å²) in [5, 5.41) is 0.839. The van der Waals surface area contributed by atoms with Crippen LogP contribution in [0.1, 0.15) is 49.0 Å². The zero-order chi connectivity index (χ0) is 13.1. The summed E-state index contributed by atoms with van der Waals surface area (Å²) in [5.74, 6) is 0.150. The van der Waals surface area contributed by atoms with Crippen molar-refractivity contribution < 1.29 is 13.9 Å². The van der Waals surface area contributed by atoms with E-state index in [1.807, 2.05) is 12.1 Å². The second-order valence-electron chi connectivity index (χ2n) is 4.43. The first kappa shape index (κ1) is 12.7. The minimum absolute atomic E-state index is 0.322. The average Bonchev–Trinajstić information content (AvgIpc) is 2.80. The molecule has 1 aromatic heterocycles. The molecule has 0 amide bonds. The van der Waals surface area contributed by atoms with Crippen LogP contribution >= 0.6 is 0 Å². The van der Waals surface area contributed by atoms with Crippen LogP contribution in [0, 0.1) is 0 Å². The number of esters is 1. The van der Waals surface area contributed by atoms with Gasteiger partial charge in [0.05, 0.1) is 6.61 Å². The molecule has 0 aliphatic carbocycles. The SMILES string of the molecule is CCOC(=O)c1coc2ccc(C(C)CC)cc12. The highest BCUT2D eigenvalue weighted by Gasteiger charge is 2.16. The summed E-state index contributed by atoms with van der Waals surface area (Å²) in [4.78, 5) is 11.8. The molecular formula is C15H18O3. The molecule has 0 saturated heterocycles. The van der Waals surface area contributed by atoms with Crippen molar-refractivity contribution in [2.24, 2.45) is 0 Å². The minimum Gasteiger partial charge on any atom is -0.463 e. The molecule has 1 atom stereocenters. The number of hydrogen-bond acceptors (Lipinski definition) is 3. The van der Waals surface area contributed by atoms with E-state index in [9.17, 15) is 4.79 Å². The van der Waals surface area contributed by atoms with Gasteiger partial charge in [-0.3, -0.25) is 0 Å². The molecule has 0 spiro atoms. The third kappa shape index (κ3) is 2.26. The zero-order valence-corrected chi connectivity index (χ0v) is 11.0. The molecule has 96 valence electrons. The quantitative estimate of drug-likeness (QED) is 0.762. The fourth-order valence-electron chi connectivity index (χ4n) is 1.96. The highest BCUT2D eigenvalue weighted by atomic mass is 16.5. The van der Waals surface area contributed by atoms with Gasteiger partial charge in [-0.1, -0.05) is 19.9 Å². The van der Waals surface area contributed by atoms with Gasteiger partial charge in [-0.15, -0.1) is 0 Å². The Morgan fingerprint density at radius 1 is 1.39 bits per heavy atom.